The van der Waals surface area contributed by atoms with Gasteiger partial charge in [-0.25, -0.2) is 9.37 Å². The van der Waals surface area contributed by atoms with Gasteiger partial charge >= 0.3 is 6.18 Å². The highest BCUT2D eigenvalue weighted by Crippen LogP contribution is 2.46. The van der Waals surface area contributed by atoms with Crippen LogP contribution < -0.4 is 5.73 Å². The van der Waals surface area contributed by atoms with Gasteiger partial charge in [-0.05, 0) is 50.8 Å². The number of benzene rings is 1. The highest BCUT2D eigenvalue weighted by molar-refractivity contribution is 5.62. The van der Waals surface area contributed by atoms with Crippen LogP contribution in [-0.2, 0) is 17.4 Å². The molecule has 0 amide bonds. The van der Waals surface area contributed by atoms with E-state index in [4.69, 9.17) is 5.73 Å². The molecular formula is C20H22F4N2O2. The predicted octanol–water partition coefficient (Wildman–Crippen LogP) is 3.69. The number of rotatable bonds is 5. The second kappa shape index (κ2) is 6.79. The third kappa shape index (κ3) is 3.76. The number of aliphatic hydroxyl groups is 2. The van der Waals surface area contributed by atoms with Crippen LogP contribution in [-0.4, -0.2) is 21.7 Å². The van der Waals surface area contributed by atoms with E-state index in [-0.39, 0.29) is 35.0 Å². The minimum absolute atomic E-state index is 0.103. The highest BCUT2D eigenvalue weighted by atomic mass is 19.4. The van der Waals surface area contributed by atoms with Crippen LogP contribution in [0.5, 0.6) is 0 Å². The fraction of sp³-hybridized carbons (Fsp3) is 0.450. The molecule has 2 aromatic rings. The first kappa shape index (κ1) is 20.7. The van der Waals surface area contributed by atoms with Gasteiger partial charge in [-0.3, -0.25) is 0 Å². The maximum absolute atomic E-state index is 15.1. The standard InChI is InChI=1S/C20H22F4N2O2/c1-18(2,27)14-9-15(19(28,10-25)12-7-8-12)26-17(16(14)21)11-3-5-13(6-4-11)20(22,23)24/h3-6,9,12,27-28H,7-8,10,25H2,1-2H3. The van der Waals surface area contributed by atoms with Gasteiger partial charge in [-0.15, -0.1) is 0 Å². The number of alkyl halides is 3. The summed E-state index contributed by atoms with van der Waals surface area (Å²) in [6.07, 6.45) is -3.04. The Labute approximate surface area is 160 Å². The Kier molecular flexibility index (Phi) is 5.02. The Hall–Kier alpha value is -2.03. The molecule has 3 rings (SSSR count). The molecule has 1 aliphatic carbocycles. The van der Waals surface area contributed by atoms with Crippen LogP contribution in [0.15, 0.2) is 30.3 Å². The van der Waals surface area contributed by atoms with E-state index in [0.29, 0.717) is 0 Å². The molecule has 4 nitrogen and oxygen atoms in total. The summed E-state index contributed by atoms with van der Waals surface area (Å²) in [6, 6.07) is 5.19. The van der Waals surface area contributed by atoms with E-state index in [9.17, 15) is 23.4 Å². The molecule has 0 radical (unpaired) electrons. The van der Waals surface area contributed by atoms with Crippen molar-refractivity contribution in [1.82, 2.24) is 4.98 Å². The van der Waals surface area contributed by atoms with Crippen molar-refractivity contribution < 1.29 is 27.8 Å². The lowest BCUT2D eigenvalue weighted by atomic mass is 9.88. The lowest BCUT2D eigenvalue weighted by Gasteiger charge is -2.29. The van der Waals surface area contributed by atoms with Gasteiger partial charge in [0.25, 0.3) is 0 Å². The van der Waals surface area contributed by atoms with Crippen molar-refractivity contribution in [3.63, 3.8) is 0 Å². The van der Waals surface area contributed by atoms with Gasteiger partial charge in [-0.1, -0.05) is 12.1 Å². The minimum Gasteiger partial charge on any atom is -0.386 e. The molecule has 0 spiro atoms. The third-order valence-corrected chi connectivity index (χ3v) is 5.11. The second-order valence-electron chi connectivity index (χ2n) is 7.75. The maximum Gasteiger partial charge on any atom is 0.416 e. The van der Waals surface area contributed by atoms with E-state index < -0.39 is 28.8 Å². The summed E-state index contributed by atoms with van der Waals surface area (Å²) in [5, 5.41) is 21.4. The van der Waals surface area contributed by atoms with Crippen molar-refractivity contribution in [2.24, 2.45) is 11.7 Å². The van der Waals surface area contributed by atoms with Crippen LogP contribution in [0.1, 0.15) is 43.5 Å². The first-order valence-corrected chi connectivity index (χ1v) is 8.92. The van der Waals surface area contributed by atoms with Crippen LogP contribution in [0.4, 0.5) is 17.6 Å². The Bertz CT molecular complexity index is 872. The number of nitrogens with two attached hydrogens (primary N) is 1. The summed E-state index contributed by atoms with van der Waals surface area (Å²) in [5.74, 6) is -0.989. The Morgan fingerprint density at radius 3 is 2.11 bits per heavy atom. The molecule has 1 unspecified atom stereocenters. The van der Waals surface area contributed by atoms with E-state index in [0.717, 1.165) is 37.1 Å². The van der Waals surface area contributed by atoms with Crippen LogP contribution >= 0.6 is 0 Å². The molecule has 1 atom stereocenters. The van der Waals surface area contributed by atoms with Crippen LogP contribution in [0.3, 0.4) is 0 Å². The molecule has 152 valence electrons. The molecule has 1 saturated carbocycles. The molecule has 1 fully saturated rings. The molecule has 0 bridgehead atoms. The van der Waals surface area contributed by atoms with E-state index >= 15 is 4.39 Å². The highest BCUT2D eigenvalue weighted by Gasteiger charge is 2.46. The Balaban J connectivity index is 2.19. The largest absolute Gasteiger partial charge is 0.416 e. The molecule has 28 heavy (non-hydrogen) atoms. The monoisotopic (exact) mass is 398 g/mol. The number of nitrogens with zero attached hydrogens (tertiary/aromatic N) is 1. The van der Waals surface area contributed by atoms with Gasteiger partial charge in [0.1, 0.15) is 11.3 Å². The number of aromatic nitrogens is 1. The number of hydrogen-bond donors (Lipinski definition) is 3. The van der Waals surface area contributed by atoms with Crippen LogP contribution in [0.2, 0.25) is 0 Å². The zero-order valence-electron chi connectivity index (χ0n) is 15.5. The van der Waals surface area contributed by atoms with Crippen molar-refractivity contribution in [3.05, 3.63) is 53.0 Å². The minimum atomic E-state index is -4.52. The topological polar surface area (TPSA) is 79.4 Å². The zero-order valence-corrected chi connectivity index (χ0v) is 15.5. The summed E-state index contributed by atoms with van der Waals surface area (Å²) >= 11 is 0. The SMILES string of the molecule is CC(C)(O)c1cc(C(O)(CN)C2CC2)nc(-c2ccc(C(F)(F)F)cc2)c1F. The number of pyridine rings is 1. The van der Waals surface area contributed by atoms with E-state index in [1.165, 1.54) is 19.9 Å². The van der Waals surface area contributed by atoms with Gasteiger partial charge in [-0.2, -0.15) is 13.2 Å². The summed E-state index contributed by atoms with van der Waals surface area (Å²) < 4.78 is 53.6. The van der Waals surface area contributed by atoms with Gasteiger partial charge < -0.3 is 15.9 Å². The zero-order chi connectivity index (χ0) is 20.9. The second-order valence-corrected chi connectivity index (χ2v) is 7.75. The van der Waals surface area contributed by atoms with Crippen molar-refractivity contribution in [2.75, 3.05) is 6.54 Å². The normalized spacial score (nSPS) is 17.5. The molecule has 1 aromatic carbocycles. The van der Waals surface area contributed by atoms with Gasteiger partial charge in [0.05, 0.1) is 16.9 Å². The fourth-order valence-electron chi connectivity index (χ4n) is 3.25. The fourth-order valence-corrected chi connectivity index (χ4v) is 3.25. The quantitative estimate of drug-likeness (QED) is 0.671. The Morgan fingerprint density at radius 2 is 1.68 bits per heavy atom. The molecule has 1 heterocycles. The van der Waals surface area contributed by atoms with E-state index in [1.807, 2.05) is 0 Å². The molecule has 0 aliphatic heterocycles. The summed E-state index contributed by atoms with van der Waals surface area (Å²) in [7, 11) is 0. The average molecular weight is 398 g/mol. The lowest BCUT2D eigenvalue weighted by molar-refractivity contribution is -0.137. The first-order chi connectivity index (χ1) is 12.9. The molecule has 4 N–H and O–H groups in total. The van der Waals surface area contributed by atoms with Gasteiger partial charge in [0, 0.05) is 17.7 Å². The molecule has 8 heteroatoms. The van der Waals surface area contributed by atoms with Crippen molar-refractivity contribution in [1.29, 1.82) is 0 Å². The van der Waals surface area contributed by atoms with Crippen molar-refractivity contribution in [3.8, 4) is 11.3 Å². The van der Waals surface area contributed by atoms with Crippen molar-refractivity contribution >= 4 is 0 Å². The summed E-state index contributed by atoms with van der Waals surface area (Å²) in [6.45, 7) is 2.61. The van der Waals surface area contributed by atoms with E-state index in [2.05, 4.69) is 4.98 Å². The number of halogens is 4. The van der Waals surface area contributed by atoms with Gasteiger partial charge in [0.15, 0.2) is 5.82 Å². The van der Waals surface area contributed by atoms with Gasteiger partial charge in [0.2, 0.25) is 0 Å². The maximum atomic E-state index is 15.1. The Morgan fingerprint density at radius 1 is 1.11 bits per heavy atom. The summed E-state index contributed by atoms with van der Waals surface area (Å²) in [5.41, 5.74) is 1.66. The molecule has 0 saturated heterocycles. The number of hydrogen-bond acceptors (Lipinski definition) is 4. The lowest BCUT2D eigenvalue weighted by Crippen LogP contribution is -2.38. The van der Waals surface area contributed by atoms with Crippen molar-refractivity contribution in [2.45, 2.75) is 44.1 Å². The average Bonchev–Trinajstić information content (AvgIpc) is 3.45. The molecular weight excluding hydrogens is 376 g/mol. The first-order valence-electron chi connectivity index (χ1n) is 8.92. The predicted molar refractivity (Wildman–Crippen MR) is 95.6 cm³/mol. The molecule has 1 aromatic heterocycles. The van der Waals surface area contributed by atoms with Crippen LogP contribution in [0, 0.1) is 11.7 Å². The van der Waals surface area contributed by atoms with E-state index in [1.54, 1.807) is 0 Å². The summed E-state index contributed by atoms with van der Waals surface area (Å²) in [4.78, 5) is 4.22. The van der Waals surface area contributed by atoms with Crippen LogP contribution in [0.25, 0.3) is 11.3 Å². The smallest absolute Gasteiger partial charge is 0.386 e. The molecule has 1 aliphatic rings. The third-order valence-electron chi connectivity index (χ3n) is 5.11.